The van der Waals surface area contributed by atoms with Crippen molar-refractivity contribution in [3.63, 3.8) is 0 Å². The highest BCUT2D eigenvalue weighted by atomic mass is 16.4. The Morgan fingerprint density at radius 2 is 1.69 bits per heavy atom. The summed E-state index contributed by atoms with van der Waals surface area (Å²) in [7, 11) is 0. The van der Waals surface area contributed by atoms with Gasteiger partial charge in [-0.25, -0.2) is 0 Å². The highest BCUT2D eigenvalue weighted by Gasteiger charge is 2.29. The minimum Gasteiger partial charge on any atom is -0.481 e. The third-order valence-corrected chi connectivity index (χ3v) is 1.43. The number of aliphatic hydroxyl groups excluding tert-OH is 2. The lowest BCUT2D eigenvalue weighted by Gasteiger charge is -2.19. The van der Waals surface area contributed by atoms with Crippen LogP contribution in [-0.4, -0.2) is 50.6 Å². The van der Waals surface area contributed by atoms with Crippen LogP contribution in [0.4, 0.5) is 0 Å². The number of aliphatic hydroxyl groups is 2. The Hall–Kier alpha value is -1.18. The van der Waals surface area contributed by atoms with Gasteiger partial charge in [0, 0.05) is 0 Å². The summed E-state index contributed by atoms with van der Waals surface area (Å²) in [6.07, 6.45) is -4.21. The second-order valence-electron chi connectivity index (χ2n) is 2.52. The van der Waals surface area contributed by atoms with Crippen LogP contribution in [0.15, 0.2) is 0 Å². The normalized spacial score (nSPS) is 17.5. The number of carboxylic acid groups (broad SMARTS) is 2. The average molecular weight is 193 g/mol. The first-order valence-electron chi connectivity index (χ1n) is 3.42. The van der Waals surface area contributed by atoms with E-state index in [2.05, 4.69) is 0 Å². The summed E-state index contributed by atoms with van der Waals surface area (Å²) < 4.78 is 0. The van der Waals surface area contributed by atoms with E-state index >= 15 is 0 Å². The van der Waals surface area contributed by atoms with E-state index in [9.17, 15) is 9.59 Å². The molecule has 3 atom stereocenters. The number of hydrogen-bond acceptors (Lipinski definition) is 5. The molecule has 0 aromatic carbocycles. The predicted molar refractivity (Wildman–Crippen MR) is 39.9 cm³/mol. The highest BCUT2D eigenvalue weighted by molar-refractivity contribution is 5.74. The molecule has 3 unspecified atom stereocenters. The lowest BCUT2D eigenvalue weighted by Crippen LogP contribution is -2.48. The first-order valence-corrected chi connectivity index (χ1v) is 3.42. The SMILES string of the molecule is NC(C(=O)O)C(O)C(O)CC(=O)O. The molecule has 0 radical (unpaired) electrons. The number of hydrogen-bond donors (Lipinski definition) is 5. The van der Waals surface area contributed by atoms with Gasteiger partial charge in [0.05, 0.1) is 12.5 Å². The van der Waals surface area contributed by atoms with Gasteiger partial charge < -0.3 is 26.2 Å². The summed E-state index contributed by atoms with van der Waals surface area (Å²) in [5, 5.41) is 34.4. The van der Waals surface area contributed by atoms with Gasteiger partial charge in [0.2, 0.25) is 0 Å². The molecule has 0 aliphatic carbocycles. The minimum absolute atomic E-state index is 0.748. The van der Waals surface area contributed by atoms with Gasteiger partial charge in [0.15, 0.2) is 0 Å². The van der Waals surface area contributed by atoms with Crippen molar-refractivity contribution >= 4 is 11.9 Å². The lowest BCUT2D eigenvalue weighted by atomic mass is 10.0. The molecule has 0 aromatic heterocycles. The Bertz CT molecular complexity index is 205. The van der Waals surface area contributed by atoms with Crippen LogP contribution in [0.5, 0.6) is 0 Å². The Balaban J connectivity index is 4.16. The molecular formula is C6H11NO6. The molecule has 0 rings (SSSR count). The van der Waals surface area contributed by atoms with Crippen molar-refractivity contribution in [2.24, 2.45) is 5.73 Å². The summed E-state index contributed by atoms with van der Waals surface area (Å²) in [5.41, 5.74) is 4.93. The number of nitrogens with two attached hydrogens (primary N) is 1. The third kappa shape index (κ3) is 3.83. The zero-order valence-corrected chi connectivity index (χ0v) is 6.62. The molecule has 6 N–H and O–H groups in total. The number of carboxylic acids is 2. The fraction of sp³-hybridized carbons (Fsp3) is 0.667. The number of rotatable bonds is 5. The molecule has 0 aliphatic heterocycles. The molecule has 76 valence electrons. The maximum absolute atomic E-state index is 10.2. The summed E-state index contributed by atoms with van der Waals surface area (Å²) in [5.74, 6) is -2.85. The molecule has 7 heteroatoms. The summed E-state index contributed by atoms with van der Waals surface area (Å²) in [6, 6.07) is -1.69. The van der Waals surface area contributed by atoms with Gasteiger partial charge in [-0.2, -0.15) is 0 Å². The summed E-state index contributed by atoms with van der Waals surface area (Å²) in [4.78, 5) is 20.2. The molecule has 0 aliphatic rings. The highest BCUT2D eigenvalue weighted by Crippen LogP contribution is 2.02. The van der Waals surface area contributed by atoms with Crippen LogP contribution < -0.4 is 5.73 Å². The smallest absolute Gasteiger partial charge is 0.323 e. The van der Waals surface area contributed by atoms with E-state index in [1.807, 2.05) is 0 Å². The first-order chi connectivity index (χ1) is 5.86. The van der Waals surface area contributed by atoms with Crippen LogP contribution in [0.3, 0.4) is 0 Å². The maximum Gasteiger partial charge on any atom is 0.323 e. The summed E-state index contributed by atoms with van der Waals surface area (Å²) >= 11 is 0. The van der Waals surface area contributed by atoms with Crippen LogP contribution in [0, 0.1) is 0 Å². The van der Waals surface area contributed by atoms with Crippen molar-refractivity contribution in [3.8, 4) is 0 Å². The van der Waals surface area contributed by atoms with E-state index < -0.39 is 36.6 Å². The van der Waals surface area contributed by atoms with E-state index in [0.29, 0.717) is 0 Å². The van der Waals surface area contributed by atoms with E-state index in [0.717, 1.165) is 0 Å². The van der Waals surface area contributed by atoms with Crippen molar-refractivity contribution in [1.82, 2.24) is 0 Å². The van der Waals surface area contributed by atoms with Crippen LogP contribution in [-0.2, 0) is 9.59 Å². The van der Waals surface area contributed by atoms with Gasteiger partial charge in [-0.05, 0) is 0 Å². The average Bonchev–Trinajstić information content (AvgIpc) is 2.00. The zero-order chi connectivity index (χ0) is 10.6. The Labute approximate surface area is 73.4 Å². The van der Waals surface area contributed by atoms with Gasteiger partial charge >= 0.3 is 11.9 Å². The van der Waals surface area contributed by atoms with Crippen molar-refractivity contribution < 1.29 is 30.0 Å². The van der Waals surface area contributed by atoms with E-state index in [1.54, 1.807) is 0 Å². The third-order valence-electron chi connectivity index (χ3n) is 1.43. The Kier molecular flexibility index (Phi) is 4.32. The quantitative estimate of drug-likeness (QED) is 0.327. The second kappa shape index (κ2) is 4.75. The molecular weight excluding hydrogens is 182 g/mol. The van der Waals surface area contributed by atoms with Gasteiger partial charge in [-0.15, -0.1) is 0 Å². The molecule has 0 amide bonds. The van der Waals surface area contributed by atoms with Crippen molar-refractivity contribution in [2.75, 3.05) is 0 Å². The van der Waals surface area contributed by atoms with Gasteiger partial charge in [0.1, 0.15) is 12.1 Å². The van der Waals surface area contributed by atoms with Gasteiger partial charge in [-0.3, -0.25) is 9.59 Å². The fourth-order valence-corrected chi connectivity index (χ4v) is 0.685. The van der Waals surface area contributed by atoms with Crippen molar-refractivity contribution in [1.29, 1.82) is 0 Å². The number of aliphatic carboxylic acids is 2. The largest absolute Gasteiger partial charge is 0.481 e. The zero-order valence-electron chi connectivity index (χ0n) is 6.62. The predicted octanol–water partition coefficient (Wildman–Crippen LogP) is -2.41. The van der Waals surface area contributed by atoms with Crippen LogP contribution in [0.2, 0.25) is 0 Å². The molecule has 0 spiro atoms. The van der Waals surface area contributed by atoms with Crippen LogP contribution in [0.1, 0.15) is 6.42 Å². The summed E-state index contributed by atoms with van der Waals surface area (Å²) in [6.45, 7) is 0. The minimum atomic E-state index is -1.78. The monoisotopic (exact) mass is 193 g/mol. The van der Waals surface area contributed by atoms with Crippen molar-refractivity contribution in [2.45, 2.75) is 24.7 Å². The molecule has 7 nitrogen and oxygen atoms in total. The lowest BCUT2D eigenvalue weighted by molar-refractivity contribution is -0.148. The molecule has 0 fully saturated rings. The van der Waals surface area contributed by atoms with E-state index in [4.69, 9.17) is 26.2 Å². The second-order valence-corrected chi connectivity index (χ2v) is 2.52. The molecule has 0 saturated heterocycles. The van der Waals surface area contributed by atoms with E-state index in [1.165, 1.54) is 0 Å². The molecule has 0 aromatic rings. The molecule has 13 heavy (non-hydrogen) atoms. The standard InChI is InChI=1S/C6H11NO6/c7-4(6(12)13)5(11)2(8)1-3(9)10/h2,4-5,8,11H,1,7H2,(H,9,10)(H,12,13). The van der Waals surface area contributed by atoms with Crippen molar-refractivity contribution in [3.05, 3.63) is 0 Å². The molecule has 0 bridgehead atoms. The van der Waals surface area contributed by atoms with Crippen LogP contribution >= 0.6 is 0 Å². The van der Waals surface area contributed by atoms with Gasteiger partial charge in [-0.1, -0.05) is 0 Å². The van der Waals surface area contributed by atoms with Crippen LogP contribution in [0.25, 0.3) is 0 Å². The Morgan fingerprint density at radius 3 is 2.00 bits per heavy atom. The molecule has 0 saturated carbocycles. The topological polar surface area (TPSA) is 141 Å². The van der Waals surface area contributed by atoms with E-state index in [-0.39, 0.29) is 0 Å². The fourth-order valence-electron chi connectivity index (χ4n) is 0.685. The molecule has 0 heterocycles. The first kappa shape index (κ1) is 11.8. The maximum atomic E-state index is 10.2. The van der Waals surface area contributed by atoms with Gasteiger partial charge in [0.25, 0.3) is 0 Å². The number of carbonyl (C=O) groups is 2. The Morgan fingerprint density at radius 1 is 1.23 bits per heavy atom.